The first-order valence-electron chi connectivity index (χ1n) is 4.46. The van der Waals surface area contributed by atoms with E-state index < -0.39 is 0 Å². The zero-order valence-corrected chi connectivity index (χ0v) is 9.83. The first kappa shape index (κ1) is 11.1. The first-order chi connectivity index (χ1) is 7.65. The molecule has 4 nitrogen and oxygen atoms in total. The van der Waals surface area contributed by atoms with Gasteiger partial charge in [0.25, 0.3) is 0 Å². The predicted octanol–water partition coefficient (Wildman–Crippen LogP) is 3.28. The maximum atomic E-state index is 5.63. The number of hydrogen-bond acceptors (Lipinski definition) is 4. The van der Waals surface area contributed by atoms with Gasteiger partial charge in [0.2, 0.25) is 10.6 Å². The van der Waals surface area contributed by atoms with Crippen LogP contribution in [0.4, 0.5) is 0 Å². The maximum absolute atomic E-state index is 5.63. The Kier molecular flexibility index (Phi) is 3.22. The molecular weight excluding hydrogens is 249 g/mol. The van der Waals surface area contributed by atoms with Gasteiger partial charge in [-0.3, -0.25) is 0 Å². The Labute approximate surface area is 102 Å². The summed E-state index contributed by atoms with van der Waals surface area (Å²) in [6.45, 7) is 1.92. The van der Waals surface area contributed by atoms with Gasteiger partial charge >= 0.3 is 6.01 Å². The lowest BCUT2D eigenvalue weighted by molar-refractivity contribution is 0.436. The van der Waals surface area contributed by atoms with Gasteiger partial charge in [0.15, 0.2) is 0 Å². The number of nitrogens with zero attached hydrogens (tertiary/aromatic N) is 3. The number of aryl methyl sites for hydroxylation is 1. The van der Waals surface area contributed by atoms with E-state index in [-0.39, 0.29) is 16.6 Å². The molecule has 0 fully saturated rings. The van der Waals surface area contributed by atoms with Crippen LogP contribution in [-0.4, -0.2) is 15.0 Å². The van der Waals surface area contributed by atoms with Crippen molar-refractivity contribution < 1.29 is 4.74 Å². The Morgan fingerprint density at radius 1 is 1.00 bits per heavy atom. The number of hydrogen-bond donors (Lipinski definition) is 0. The van der Waals surface area contributed by atoms with Crippen molar-refractivity contribution in [2.45, 2.75) is 6.92 Å². The SMILES string of the molecule is Cc1ccccc1Oc1nc(Cl)nc(Cl)n1. The van der Waals surface area contributed by atoms with Crippen LogP contribution in [0.2, 0.25) is 10.6 Å². The van der Waals surface area contributed by atoms with E-state index in [1.54, 1.807) is 6.07 Å². The van der Waals surface area contributed by atoms with Gasteiger partial charge in [-0.05, 0) is 41.8 Å². The number of rotatable bonds is 2. The van der Waals surface area contributed by atoms with Crippen molar-refractivity contribution in [3.05, 3.63) is 40.4 Å². The van der Waals surface area contributed by atoms with Crippen LogP contribution in [-0.2, 0) is 0 Å². The van der Waals surface area contributed by atoms with Gasteiger partial charge < -0.3 is 4.74 Å². The molecule has 0 spiro atoms. The van der Waals surface area contributed by atoms with Crippen molar-refractivity contribution in [3.8, 4) is 11.8 Å². The van der Waals surface area contributed by atoms with Crippen LogP contribution < -0.4 is 4.74 Å². The van der Waals surface area contributed by atoms with E-state index in [1.165, 1.54) is 0 Å². The second-order valence-electron chi connectivity index (χ2n) is 3.02. The second-order valence-corrected chi connectivity index (χ2v) is 3.70. The largest absolute Gasteiger partial charge is 0.424 e. The molecule has 0 aliphatic heterocycles. The molecule has 0 saturated heterocycles. The molecule has 1 heterocycles. The van der Waals surface area contributed by atoms with Gasteiger partial charge in [0.1, 0.15) is 5.75 Å². The number of ether oxygens (including phenoxy) is 1. The summed E-state index contributed by atoms with van der Waals surface area (Å²) < 4.78 is 5.44. The van der Waals surface area contributed by atoms with Gasteiger partial charge in [0.05, 0.1) is 0 Å². The lowest BCUT2D eigenvalue weighted by atomic mass is 10.2. The number of aromatic nitrogens is 3. The predicted molar refractivity (Wildman–Crippen MR) is 61.1 cm³/mol. The van der Waals surface area contributed by atoms with Crippen molar-refractivity contribution in [3.63, 3.8) is 0 Å². The molecule has 1 aromatic carbocycles. The van der Waals surface area contributed by atoms with Crippen molar-refractivity contribution in [1.82, 2.24) is 15.0 Å². The molecule has 0 aliphatic carbocycles. The van der Waals surface area contributed by atoms with Gasteiger partial charge in [-0.2, -0.15) is 15.0 Å². The molecule has 0 bridgehead atoms. The van der Waals surface area contributed by atoms with Crippen LogP contribution >= 0.6 is 23.2 Å². The van der Waals surface area contributed by atoms with E-state index in [4.69, 9.17) is 27.9 Å². The highest BCUT2D eigenvalue weighted by Gasteiger charge is 2.06. The Morgan fingerprint density at radius 2 is 1.62 bits per heavy atom. The summed E-state index contributed by atoms with van der Waals surface area (Å²) in [4.78, 5) is 11.2. The third kappa shape index (κ3) is 2.59. The molecule has 6 heteroatoms. The molecule has 0 atom stereocenters. The van der Waals surface area contributed by atoms with Crippen LogP contribution in [0.1, 0.15) is 5.56 Å². The van der Waals surface area contributed by atoms with Crippen LogP contribution in [0.5, 0.6) is 11.8 Å². The molecule has 2 rings (SSSR count). The van der Waals surface area contributed by atoms with Gasteiger partial charge in [0, 0.05) is 0 Å². The molecule has 1 aromatic heterocycles. The third-order valence-corrected chi connectivity index (χ3v) is 2.19. The van der Waals surface area contributed by atoms with Gasteiger partial charge in [-0.1, -0.05) is 18.2 Å². The summed E-state index contributed by atoms with van der Waals surface area (Å²) in [6.07, 6.45) is 0. The summed E-state index contributed by atoms with van der Waals surface area (Å²) in [7, 11) is 0. The van der Waals surface area contributed by atoms with Crippen molar-refractivity contribution in [2.75, 3.05) is 0 Å². The fourth-order valence-corrected chi connectivity index (χ4v) is 1.47. The summed E-state index contributed by atoms with van der Waals surface area (Å²) in [5.74, 6) is 0.654. The summed E-state index contributed by atoms with van der Waals surface area (Å²) in [6, 6.07) is 7.57. The smallest absolute Gasteiger partial charge is 0.327 e. The van der Waals surface area contributed by atoms with Crippen molar-refractivity contribution >= 4 is 23.2 Å². The highest BCUT2D eigenvalue weighted by atomic mass is 35.5. The lowest BCUT2D eigenvalue weighted by Gasteiger charge is -2.06. The fourth-order valence-electron chi connectivity index (χ4n) is 1.12. The van der Waals surface area contributed by atoms with Crippen LogP contribution in [0.15, 0.2) is 24.3 Å². The summed E-state index contributed by atoms with van der Waals surface area (Å²) in [5.41, 5.74) is 0.968. The molecule has 82 valence electrons. The fraction of sp³-hybridized carbons (Fsp3) is 0.100. The van der Waals surface area contributed by atoms with Crippen LogP contribution in [0, 0.1) is 6.92 Å². The second kappa shape index (κ2) is 4.63. The third-order valence-electron chi connectivity index (χ3n) is 1.86. The highest BCUT2D eigenvalue weighted by molar-refractivity contribution is 6.31. The molecule has 0 amide bonds. The number of halogens is 2. The Balaban J connectivity index is 2.30. The molecule has 16 heavy (non-hydrogen) atoms. The number of para-hydroxylation sites is 1. The average molecular weight is 256 g/mol. The zero-order chi connectivity index (χ0) is 11.5. The van der Waals surface area contributed by atoms with Crippen LogP contribution in [0.25, 0.3) is 0 Å². The zero-order valence-electron chi connectivity index (χ0n) is 8.32. The minimum atomic E-state index is 0.00332. The van der Waals surface area contributed by atoms with E-state index in [1.807, 2.05) is 25.1 Å². The minimum absolute atomic E-state index is 0.00332. The molecule has 0 N–H and O–H groups in total. The molecule has 2 aromatic rings. The number of benzene rings is 1. The van der Waals surface area contributed by atoms with E-state index in [9.17, 15) is 0 Å². The van der Waals surface area contributed by atoms with Gasteiger partial charge in [-0.25, -0.2) is 0 Å². The monoisotopic (exact) mass is 255 g/mol. The van der Waals surface area contributed by atoms with Crippen molar-refractivity contribution in [1.29, 1.82) is 0 Å². The van der Waals surface area contributed by atoms with E-state index in [0.717, 1.165) is 5.56 Å². The lowest BCUT2D eigenvalue weighted by Crippen LogP contribution is -1.96. The van der Waals surface area contributed by atoms with Gasteiger partial charge in [-0.15, -0.1) is 0 Å². The summed E-state index contributed by atoms with van der Waals surface area (Å²) in [5, 5.41) is 0.00664. The van der Waals surface area contributed by atoms with E-state index >= 15 is 0 Å². The minimum Gasteiger partial charge on any atom is -0.424 e. The molecule has 0 aliphatic rings. The molecule has 0 radical (unpaired) electrons. The molecular formula is C10H7Cl2N3O. The average Bonchev–Trinajstić information content (AvgIpc) is 2.20. The van der Waals surface area contributed by atoms with Crippen LogP contribution in [0.3, 0.4) is 0 Å². The normalized spacial score (nSPS) is 10.2. The summed E-state index contributed by atoms with van der Waals surface area (Å²) >= 11 is 11.3. The Bertz CT molecular complexity index is 499. The standard InChI is InChI=1S/C10H7Cl2N3O/c1-6-4-2-3-5-7(6)16-10-14-8(11)13-9(12)15-10/h2-5H,1H3. The quantitative estimate of drug-likeness (QED) is 0.827. The highest BCUT2D eigenvalue weighted by Crippen LogP contribution is 2.22. The first-order valence-corrected chi connectivity index (χ1v) is 5.21. The van der Waals surface area contributed by atoms with E-state index in [0.29, 0.717) is 5.75 Å². The topological polar surface area (TPSA) is 47.9 Å². The molecule has 0 saturated carbocycles. The maximum Gasteiger partial charge on any atom is 0.327 e. The molecule has 0 unspecified atom stereocenters. The Hall–Kier alpha value is -1.39. The van der Waals surface area contributed by atoms with E-state index in [2.05, 4.69) is 15.0 Å². The van der Waals surface area contributed by atoms with Crippen molar-refractivity contribution in [2.24, 2.45) is 0 Å². The Morgan fingerprint density at radius 3 is 2.25 bits per heavy atom.